The molecule has 3 nitrogen and oxygen atoms in total. The zero-order valence-electron chi connectivity index (χ0n) is 13.7. The molecule has 2 aromatic rings. The van der Waals surface area contributed by atoms with Crippen LogP contribution in [0.15, 0.2) is 18.2 Å². The van der Waals surface area contributed by atoms with E-state index in [1.54, 1.807) is 0 Å². The standard InChI is InChI=1S/C18H25N3/c1-12-8-13(2)10-16(9-12)11-18-20-14(3)17(6-7-19-5)15(4)21-18/h8-10,19H,6-7,11H2,1-5H3. The molecule has 0 atom stereocenters. The first-order chi connectivity index (χ1) is 9.99. The van der Waals surface area contributed by atoms with Gasteiger partial charge < -0.3 is 5.32 Å². The predicted octanol–water partition coefficient (Wildman–Crippen LogP) is 3.06. The molecule has 0 radical (unpaired) electrons. The minimum atomic E-state index is 0.802. The van der Waals surface area contributed by atoms with Gasteiger partial charge in [0, 0.05) is 17.8 Å². The van der Waals surface area contributed by atoms with E-state index < -0.39 is 0 Å². The Balaban J connectivity index is 2.25. The predicted molar refractivity (Wildman–Crippen MR) is 87.9 cm³/mol. The summed E-state index contributed by atoms with van der Waals surface area (Å²) in [5, 5.41) is 3.18. The highest BCUT2D eigenvalue weighted by atomic mass is 14.9. The summed E-state index contributed by atoms with van der Waals surface area (Å²) in [5.41, 5.74) is 7.37. The molecule has 1 N–H and O–H groups in total. The summed E-state index contributed by atoms with van der Waals surface area (Å²) in [5.74, 6) is 0.920. The number of aromatic nitrogens is 2. The van der Waals surface area contributed by atoms with Crippen molar-refractivity contribution in [1.29, 1.82) is 0 Å². The Morgan fingerprint density at radius 3 is 2.00 bits per heavy atom. The van der Waals surface area contributed by atoms with Crippen LogP contribution in [0.5, 0.6) is 0 Å². The number of rotatable bonds is 5. The number of nitrogens with zero attached hydrogens (tertiary/aromatic N) is 2. The topological polar surface area (TPSA) is 37.8 Å². The molecule has 1 heterocycles. The lowest BCUT2D eigenvalue weighted by Gasteiger charge is -2.11. The molecule has 0 amide bonds. The summed E-state index contributed by atoms with van der Waals surface area (Å²) < 4.78 is 0. The van der Waals surface area contributed by atoms with E-state index in [1.165, 1.54) is 22.3 Å². The van der Waals surface area contributed by atoms with E-state index in [2.05, 4.69) is 51.2 Å². The Bertz CT molecular complexity index is 589. The molecule has 0 aliphatic heterocycles. The molecule has 0 aliphatic rings. The van der Waals surface area contributed by atoms with Crippen LogP contribution in [-0.4, -0.2) is 23.6 Å². The lowest BCUT2D eigenvalue weighted by atomic mass is 10.0. The van der Waals surface area contributed by atoms with Crippen molar-refractivity contribution in [3.05, 3.63) is 57.7 Å². The van der Waals surface area contributed by atoms with Crippen molar-refractivity contribution in [3.63, 3.8) is 0 Å². The molecule has 0 saturated carbocycles. The van der Waals surface area contributed by atoms with Gasteiger partial charge in [0.15, 0.2) is 0 Å². The monoisotopic (exact) mass is 283 g/mol. The number of likely N-dealkylation sites (N-methyl/N-ethyl adjacent to an activating group) is 1. The van der Waals surface area contributed by atoms with E-state index in [0.29, 0.717) is 0 Å². The number of aryl methyl sites for hydroxylation is 4. The fourth-order valence-electron chi connectivity index (χ4n) is 2.85. The number of benzene rings is 1. The molecule has 0 unspecified atom stereocenters. The van der Waals surface area contributed by atoms with Gasteiger partial charge >= 0.3 is 0 Å². The van der Waals surface area contributed by atoms with Crippen molar-refractivity contribution >= 4 is 0 Å². The highest BCUT2D eigenvalue weighted by Crippen LogP contribution is 2.15. The number of nitrogens with one attached hydrogen (secondary N) is 1. The Hall–Kier alpha value is -1.74. The van der Waals surface area contributed by atoms with Crippen molar-refractivity contribution in [1.82, 2.24) is 15.3 Å². The molecule has 0 aliphatic carbocycles. The molecule has 0 saturated heterocycles. The number of hydrogen-bond donors (Lipinski definition) is 1. The van der Waals surface area contributed by atoms with Crippen molar-refractivity contribution in [2.75, 3.05) is 13.6 Å². The van der Waals surface area contributed by atoms with Gasteiger partial charge in [-0.15, -0.1) is 0 Å². The summed E-state index contributed by atoms with van der Waals surface area (Å²) in [6.07, 6.45) is 1.79. The first-order valence-electron chi connectivity index (χ1n) is 7.54. The Labute approximate surface area is 127 Å². The average Bonchev–Trinajstić information content (AvgIpc) is 2.36. The maximum Gasteiger partial charge on any atom is 0.133 e. The van der Waals surface area contributed by atoms with Gasteiger partial charge in [-0.2, -0.15) is 0 Å². The second-order valence-electron chi connectivity index (χ2n) is 5.82. The molecule has 0 bridgehead atoms. The molecule has 112 valence electrons. The quantitative estimate of drug-likeness (QED) is 0.916. The molecule has 1 aromatic heterocycles. The van der Waals surface area contributed by atoms with E-state index in [9.17, 15) is 0 Å². The van der Waals surface area contributed by atoms with E-state index in [0.717, 1.165) is 36.6 Å². The molecule has 0 spiro atoms. The largest absolute Gasteiger partial charge is 0.319 e. The highest BCUT2D eigenvalue weighted by Gasteiger charge is 2.09. The minimum absolute atomic E-state index is 0.802. The third-order valence-corrected chi connectivity index (χ3v) is 3.74. The molecular formula is C18H25N3. The van der Waals surface area contributed by atoms with Gasteiger partial charge in [0.25, 0.3) is 0 Å². The van der Waals surface area contributed by atoms with Crippen LogP contribution in [0.25, 0.3) is 0 Å². The summed E-state index contributed by atoms with van der Waals surface area (Å²) >= 11 is 0. The van der Waals surface area contributed by atoms with Crippen molar-refractivity contribution in [2.45, 2.75) is 40.5 Å². The third-order valence-electron chi connectivity index (χ3n) is 3.74. The smallest absolute Gasteiger partial charge is 0.133 e. The zero-order valence-corrected chi connectivity index (χ0v) is 13.7. The van der Waals surface area contributed by atoms with Crippen molar-refractivity contribution in [2.24, 2.45) is 0 Å². The fraction of sp³-hybridized carbons (Fsp3) is 0.444. The van der Waals surface area contributed by atoms with Gasteiger partial charge in [-0.3, -0.25) is 0 Å². The summed E-state index contributed by atoms with van der Waals surface area (Å²) in [4.78, 5) is 9.41. The molecule has 1 aromatic carbocycles. The first-order valence-corrected chi connectivity index (χ1v) is 7.54. The van der Waals surface area contributed by atoms with Crippen molar-refractivity contribution in [3.8, 4) is 0 Å². The normalized spacial score (nSPS) is 10.9. The van der Waals surface area contributed by atoms with Crippen LogP contribution < -0.4 is 5.32 Å². The van der Waals surface area contributed by atoms with Crippen LogP contribution in [0.3, 0.4) is 0 Å². The van der Waals surface area contributed by atoms with E-state index in [-0.39, 0.29) is 0 Å². The molecule has 21 heavy (non-hydrogen) atoms. The SMILES string of the molecule is CNCCc1c(C)nc(Cc2cc(C)cc(C)c2)nc1C. The minimum Gasteiger partial charge on any atom is -0.319 e. The summed E-state index contributed by atoms with van der Waals surface area (Å²) in [6, 6.07) is 6.63. The third kappa shape index (κ3) is 4.11. The van der Waals surface area contributed by atoms with Gasteiger partial charge in [-0.05, 0) is 58.8 Å². The lowest BCUT2D eigenvalue weighted by molar-refractivity contribution is 0.766. The summed E-state index contributed by atoms with van der Waals surface area (Å²) in [7, 11) is 1.97. The maximum absolute atomic E-state index is 4.70. The molecule has 0 fully saturated rings. The number of hydrogen-bond acceptors (Lipinski definition) is 3. The molecule has 2 rings (SSSR count). The van der Waals surface area contributed by atoms with Crippen LogP contribution in [-0.2, 0) is 12.8 Å². The van der Waals surface area contributed by atoms with E-state index >= 15 is 0 Å². The van der Waals surface area contributed by atoms with Crippen molar-refractivity contribution < 1.29 is 0 Å². The van der Waals surface area contributed by atoms with E-state index in [1.807, 2.05) is 7.05 Å². The van der Waals surface area contributed by atoms with Gasteiger partial charge in [0.1, 0.15) is 5.82 Å². The summed E-state index contributed by atoms with van der Waals surface area (Å²) in [6.45, 7) is 9.40. The van der Waals surface area contributed by atoms with Crippen LogP contribution in [0.1, 0.15) is 39.5 Å². The Kier molecular flexibility index (Phi) is 5.07. The Morgan fingerprint density at radius 1 is 0.905 bits per heavy atom. The first kappa shape index (κ1) is 15.6. The molecular weight excluding hydrogens is 258 g/mol. The van der Waals surface area contributed by atoms with Gasteiger partial charge in [-0.25, -0.2) is 9.97 Å². The zero-order chi connectivity index (χ0) is 15.4. The van der Waals surface area contributed by atoms with E-state index in [4.69, 9.17) is 9.97 Å². The second kappa shape index (κ2) is 6.81. The van der Waals surface area contributed by atoms with Gasteiger partial charge in [-0.1, -0.05) is 29.3 Å². The van der Waals surface area contributed by atoms with Crippen LogP contribution >= 0.6 is 0 Å². The van der Waals surface area contributed by atoms with Crippen LogP contribution in [0.4, 0.5) is 0 Å². The average molecular weight is 283 g/mol. The second-order valence-corrected chi connectivity index (χ2v) is 5.82. The van der Waals surface area contributed by atoms with Crippen LogP contribution in [0.2, 0.25) is 0 Å². The maximum atomic E-state index is 4.70. The molecule has 3 heteroatoms. The van der Waals surface area contributed by atoms with Crippen LogP contribution in [0, 0.1) is 27.7 Å². The Morgan fingerprint density at radius 2 is 1.48 bits per heavy atom. The lowest BCUT2D eigenvalue weighted by Crippen LogP contribution is -2.14. The van der Waals surface area contributed by atoms with Gasteiger partial charge in [0.05, 0.1) is 0 Å². The van der Waals surface area contributed by atoms with Gasteiger partial charge in [0.2, 0.25) is 0 Å². The highest BCUT2D eigenvalue weighted by molar-refractivity contribution is 5.31. The fourth-order valence-corrected chi connectivity index (χ4v) is 2.85.